The van der Waals surface area contributed by atoms with Crippen molar-refractivity contribution < 1.29 is 49.7 Å². The fraction of sp³-hybridized carbons (Fsp3) is 0.862. The van der Waals surface area contributed by atoms with Gasteiger partial charge in [0.2, 0.25) is 0 Å². The number of oxime groups is 1. The van der Waals surface area contributed by atoms with E-state index in [0.717, 1.165) is 18.4 Å². The van der Waals surface area contributed by atoms with Crippen molar-refractivity contribution in [2.24, 2.45) is 33.7 Å². The van der Waals surface area contributed by atoms with Crippen LogP contribution in [0.4, 0.5) is 0 Å². The molecule has 0 radical (unpaired) electrons. The summed E-state index contributed by atoms with van der Waals surface area (Å²) >= 11 is 0. The number of rotatable bonds is 4. The van der Waals surface area contributed by atoms with Crippen LogP contribution in [0, 0.1) is 28.6 Å². The monoisotopic (exact) mass is 565 g/mol. The Kier molecular flexibility index (Phi) is 6.93. The van der Waals surface area contributed by atoms with Crippen molar-refractivity contribution >= 4 is 12.2 Å². The summed E-state index contributed by atoms with van der Waals surface area (Å²) in [5.41, 5.74) is -2.62. The lowest BCUT2D eigenvalue weighted by atomic mass is 9.41. The number of fused-ring (bicyclic) bond motifs is 5. The van der Waals surface area contributed by atoms with Gasteiger partial charge in [0.1, 0.15) is 24.9 Å². The number of nitrogens with zero attached hydrogens (tertiary/aromatic N) is 1. The van der Waals surface area contributed by atoms with E-state index in [4.69, 9.17) is 14.2 Å². The minimum atomic E-state index is -1.43. The van der Waals surface area contributed by atoms with E-state index in [-0.39, 0.29) is 36.8 Å². The Morgan fingerprint density at radius 3 is 2.45 bits per heavy atom. The van der Waals surface area contributed by atoms with Crippen molar-refractivity contribution in [3.63, 3.8) is 0 Å². The molecule has 0 spiro atoms. The second-order valence-corrected chi connectivity index (χ2v) is 13.5. The third-order valence-electron chi connectivity index (χ3n) is 12.0. The first-order chi connectivity index (χ1) is 18.9. The van der Waals surface area contributed by atoms with Gasteiger partial charge >= 0.3 is 5.97 Å². The van der Waals surface area contributed by atoms with Crippen LogP contribution in [0.5, 0.6) is 0 Å². The summed E-state index contributed by atoms with van der Waals surface area (Å²) in [6.07, 6.45) is 1.55. The van der Waals surface area contributed by atoms with Gasteiger partial charge in [-0.25, -0.2) is 4.79 Å². The molecule has 2 aliphatic heterocycles. The van der Waals surface area contributed by atoms with Gasteiger partial charge in [0.25, 0.3) is 0 Å². The molecule has 6 N–H and O–H groups in total. The zero-order valence-corrected chi connectivity index (χ0v) is 23.2. The summed E-state index contributed by atoms with van der Waals surface area (Å²) in [6, 6.07) is 0. The SMILES string of the molecule is C[C@H]1O[C@@H](O[C@@H]2CC[C@]3(/C=N/O)[C@H]4CC[C@]5(C)[C@H](C6=CC(=O)OC6)CC[C@]5(O)[C@@H]4CC[C@]3(O)C2)[C@@H](O)[C@@H](O)[C@H]1O. The van der Waals surface area contributed by atoms with Crippen molar-refractivity contribution in [2.75, 3.05) is 6.61 Å². The first-order valence-corrected chi connectivity index (χ1v) is 14.7. The number of ether oxygens (including phenoxy) is 3. The molecule has 224 valence electrons. The van der Waals surface area contributed by atoms with Gasteiger partial charge in [0.05, 0.1) is 29.6 Å². The van der Waals surface area contributed by atoms with E-state index in [1.54, 1.807) is 13.0 Å². The van der Waals surface area contributed by atoms with Crippen molar-refractivity contribution in [1.82, 2.24) is 0 Å². The number of cyclic esters (lactones) is 1. The van der Waals surface area contributed by atoms with Crippen LogP contribution in [-0.2, 0) is 19.0 Å². The molecule has 4 aliphatic carbocycles. The molecule has 11 nitrogen and oxygen atoms in total. The lowest BCUT2D eigenvalue weighted by molar-refractivity contribution is -0.316. The Balaban J connectivity index is 1.24. The van der Waals surface area contributed by atoms with E-state index in [2.05, 4.69) is 12.1 Å². The summed E-state index contributed by atoms with van der Waals surface area (Å²) in [7, 11) is 0. The van der Waals surface area contributed by atoms with Crippen LogP contribution in [0.25, 0.3) is 0 Å². The quantitative estimate of drug-likeness (QED) is 0.0947. The van der Waals surface area contributed by atoms with E-state index in [0.29, 0.717) is 38.5 Å². The van der Waals surface area contributed by atoms with Crippen LogP contribution in [-0.4, -0.2) is 97.5 Å². The number of carbonyl (C=O) groups excluding carboxylic acids is 1. The second kappa shape index (κ2) is 9.72. The zero-order chi connectivity index (χ0) is 28.7. The highest BCUT2D eigenvalue weighted by Crippen LogP contribution is 2.70. The molecule has 0 bridgehead atoms. The third-order valence-corrected chi connectivity index (χ3v) is 12.0. The molecule has 40 heavy (non-hydrogen) atoms. The highest BCUT2D eigenvalue weighted by molar-refractivity contribution is 5.85. The van der Waals surface area contributed by atoms with Gasteiger partial charge < -0.3 is 45.0 Å². The molecule has 2 heterocycles. The van der Waals surface area contributed by atoms with Crippen molar-refractivity contribution in [3.8, 4) is 0 Å². The maximum atomic E-state index is 12.4. The molecular weight excluding hydrogens is 522 g/mol. The molecule has 13 atom stereocenters. The number of aliphatic hydroxyl groups is 5. The number of hydrogen-bond acceptors (Lipinski definition) is 11. The average molecular weight is 566 g/mol. The van der Waals surface area contributed by atoms with Crippen LogP contribution in [0.3, 0.4) is 0 Å². The maximum Gasteiger partial charge on any atom is 0.331 e. The van der Waals surface area contributed by atoms with Gasteiger partial charge in [-0.05, 0) is 81.6 Å². The predicted molar refractivity (Wildman–Crippen MR) is 139 cm³/mol. The van der Waals surface area contributed by atoms with Gasteiger partial charge in [-0.2, -0.15) is 0 Å². The van der Waals surface area contributed by atoms with Crippen LogP contribution in [0.15, 0.2) is 16.8 Å². The smallest absolute Gasteiger partial charge is 0.331 e. The molecular formula is C29H43NO10. The molecule has 5 fully saturated rings. The fourth-order valence-corrected chi connectivity index (χ4v) is 9.88. The number of carbonyl (C=O) groups is 1. The minimum Gasteiger partial charge on any atom is -0.458 e. The van der Waals surface area contributed by atoms with E-state index < -0.39 is 58.8 Å². The Bertz CT molecular complexity index is 1080. The number of hydrogen-bond donors (Lipinski definition) is 6. The maximum absolute atomic E-state index is 12.4. The molecule has 0 amide bonds. The van der Waals surface area contributed by atoms with E-state index >= 15 is 0 Å². The standard InChI is InChI=1S/C29H43NO10/c1-15-22(32)23(33)24(34)25(39-15)40-17-3-8-27(14-30-37)19-4-7-26(2)18(16-11-21(31)38-13-16)6-10-29(26,36)20(19)5-9-28(27,35)12-17/h11,14-15,17-20,22-25,32-37H,3-10,12-13H2,1-2H3/b30-14+/t15-,17-,18+,19+,20-,22+,23+,24+,25+,26-,27+,28+,29+/m1/s1. The van der Waals surface area contributed by atoms with Crippen LogP contribution < -0.4 is 0 Å². The lowest BCUT2D eigenvalue weighted by Gasteiger charge is -2.65. The Labute approximate surface area is 233 Å². The van der Waals surface area contributed by atoms with Crippen LogP contribution in [0.1, 0.15) is 71.6 Å². The summed E-state index contributed by atoms with van der Waals surface area (Å²) in [5, 5.41) is 68.7. The van der Waals surface area contributed by atoms with Crippen LogP contribution >= 0.6 is 0 Å². The highest BCUT2D eigenvalue weighted by Gasteiger charge is 2.71. The lowest BCUT2D eigenvalue weighted by Crippen LogP contribution is -2.69. The van der Waals surface area contributed by atoms with Gasteiger partial charge in [-0.3, -0.25) is 0 Å². The largest absolute Gasteiger partial charge is 0.458 e. The first kappa shape index (κ1) is 28.5. The Hall–Kier alpha value is -1.60. The minimum absolute atomic E-state index is 0.0514. The molecule has 0 unspecified atom stereocenters. The Morgan fingerprint density at radius 2 is 1.75 bits per heavy atom. The second-order valence-electron chi connectivity index (χ2n) is 13.5. The molecule has 1 saturated heterocycles. The molecule has 0 aromatic rings. The van der Waals surface area contributed by atoms with E-state index in [1.165, 1.54) is 6.21 Å². The van der Waals surface area contributed by atoms with Gasteiger partial charge in [0.15, 0.2) is 6.29 Å². The van der Waals surface area contributed by atoms with Crippen LogP contribution in [0.2, 0.25) is 0 Å². The van der Waals surface area contributed by atoms with E-state index in [9.17, 15) is 35.5 Å². The molecule has 6 rings (SSSR count). The highest BCUT2D eigenvalue weighted by atomic mass is 16.7. The summed E-state index contributed by atoms with van der Waals surface area (Å²) < 4.78 is 16.9. The summed E-state index contributed by atoms with van der Waals surface area (Å²) in [4.78, 5) is 11.8. The zero-order valence-electron chi connectivity index (χ0n) is 23.2. The molecule has 0 aromatic heterocycles. The first-order valence-electron chi connectivity index (χ1n) is 14.7. The predicted octanol–water partition coefficient (Wildman–Crippen LogP) is 1.01. The third kappa shape index (κ3) is 3.88. The Morgan fingerprint density at radius 1 is 1.00 bits per heavy atom. The molecule has 11 heteroatoms. The number of esters is 1. The van der Waals surface area contributed by atoms with E-state index in [1.807, 2.05) is 0 Å². The normalized spacial score (nSPS) is 54.4. The number of aliphatic hydroxyl groups excluding tert-OH is 3. The summed E-state index contributed by atoms with van der Waals surface area (Å²) in [5.74, 6) is -0.514. The molecule has 0 aromatic carbocycles. The van der Waals surface area contributed by atoms with Crippen molar-refractivity contribution in [2.45, 2.75) is 120 Å². The van der Waals surface area contributed by atoms with Gasteiger partial charge in [0, 0.05) is 23.3 Å². The van der Waals surface area contributed by atoms with Crippen molar-refractivity contribution in [1.29, 1.82) is 0 Å². The van der Waals surface area contributed by atoms with Gasteiger partial charge in [-0.1, -0.05) is 6.92 Å². The molecule has 6 aliphatic rings. The summed E-state index contributed by atoms with van der Waals surface area (Å²) in [6.45, 7) is 4.00. The van der Waals surface area contributed by atoms with Gasteiger partial charge in [-0.15, -0.1) is 5.16 Å². The molecule has 4 saturated carbocycles. The van der Waals surface area contributed by atoms with Crippen molar-refractivity contribution in [3.05, 3.63) is 11.6 Å². The fourth-order valence-electron chi connectivity index (χ4n) is 9.88. The topological polar surface area (TPSA) is 178 Å². The average Bonchev–Trinajstić information content (AvgIpc) is 3.46.